The van der Waals surface area contributed by atoms with Crippen LogP contribution in [-0.4, -0.2) is 51.0 Å². The molecule has 4 rings (SSSR count). The summed E-state index contributed by atoms with van der Waals surface area (Å²) >= 11 is 0. The van der Waals surface area contributed by atoms with Gasteiger partial charge in [0.15, 0.2) is 5.65 Å². The lowest BCUT2D eigenvalue weighted by Crippen LogP contribution is -2.41. The maximum absolute atomic E-state index is 11.7. The Morgan fingerprint density at radius 1 is 1.41 bits per heavy atom. The molecule has 0 radical (unpaired) electrons. The van der Waals surface area contributed by atoms with Crippen LogP contribution in [0.2, 0.25) is 0 Å². The fraction of sp³-hybridized carbons (Fsp3) is 0.350. The van der Waals surface area contributed by atoms with Crippen molar-refractivity contribution in [2.45, 2.75) is 31.9 Å². The molecule has 2 aromatic rings. The molecule has 1 saturated heterocycles. The van der Waals surface area contributed by atoms with Crippen molar-refractivity contribution >= 4 is 22.6 Å². The molecule has 1 unspecified atom stereocenters. The minimum Gasteiger partial charge on any atom is -0.473 e. The van der Waals surface area contributed by atoms with E-state index in [0.717, 1.165) is 35.1 Å². The Kier molecular flexibility index (Phi) is 4.66. The van der Waals surface area contributed by atoms with E-state index in [4.69, 9.17) is 4.74 Å². The number of likely N-dealkylation sites (tertiary alicyclic amines) is 1. The van der Waals surface area contributed by atoms with Gasteiger partial charge in [0, 0.05) is 55.5 Å². The lowest BCUT2D eigenvalue weighted by atomic mass is 10.1. The number of dihydropyridines is 1. The van der Waals surface area contributed by atoms with Crippen molar-refractivity contribution in [3.8, 4) is 5.88 Å². The Hall–Kier alpha value is -3.09. The van der Waals surface area contributed by atoms with Crippen LogP contribution in [0.25, 0.3) is 16.7 Å². The number of allylic oxidation sites excluding steroid dienone is 2. The predicted octanol–water partition coefficient (Wildman–Crippen LogP) is 2.40. The average molecular weight is 365 g/mol. The van der Waals surface area contributed by atoms with Gasteiger partial charge in [0.2, 0.25) is 11.8 Å². The number of H-pyrrole nitrogens is 1. The number of carbonyl (C=O) groups excluding carboxylic acids is 1. The smallest absolute Gasteiger partial charge is 0.245 e. The molecule has 7 nitrogen and oxygen atoms in total. The van der Waals surface area contributed by atoms with Gasteiger partial charge in [-0.3, -0.25) is 4.79 Å². The van der Waals surface area contributed by atoms with E-state index in [2.05, 4.69) is 45.9 Å². The second-order valence-corrected chi connectivity index (χ2v) is 6.87. The standard InChI is InChI=1S/C20H23N5O2/c1-3-18(26)25-8-6-15(7-9-25)27-17-12-23-20-19(24-17)16(11-22-20)14-5-4-13(2)21-10-14/h3-5,10-13,15,21H,1,6-9H2,2H3,(H,22,23). The number of hydrogen-bond donors (Lipinski definition) is 2. The highest BCUT2D eigenvalue weighted by molar-refractivity contribution is 5.91. The van der Waals surface area contributed by atoms with Crippen molar-refractivity contribution in [2.75, 3.05) is 13.1 Å². The van der Waals surface area contributed by atoms with E-state index in [-0.39, 0.29) is 12.0 Å². The molecule has 0 aromatic carbocycles. The van der Waals surface area contributed by atoms with Gasteiger partial charge in [0.1, 0.15) is 11.6 Å². The summed E-state index contributed by atoms with van der Waals surface area (Å²) in [5.41, 5.74) is 3.57. The van der Waals surface area contributed by atoms with Crippen molar-refractivity contribution in [3.63, 3.8) is 0 Å². The Balaban J connectivity index is 1.49. The molecule has 2 aliphatic rings. The number of nitrogens with one attached hydrogen (secondary N) is 2. The summed E-state index contributed by atoms with van der Waals surface area (Å²) in [4.78, 5) is 25.8. The molecular weight excluding hydrogens is 342 g/mol. The molecule has 0 saturated carbocycles. The zero-order valence-electron chi connectivity index (χ0n) is 15.3. The fourth-order valence-electron chi connectivity index (χ4n) is 3.39. The number of ether oxygens (including phenoxy) is 1. The number of fused-ring (bicyclic) bond motifs is 1. The Bertz CT molecular complexity index is 922. The zero-order valence-corrected chi connectivity index (χ0v) is 15.3. The van der Waals surface area contributed by atoms with Crippen LogP contribution in [0.3, 0.4) is 0 Å². The topological polar surface area (TPSA) is 83.1 Å². The minimum atomic E-state index is -0.0247. The maximum atomic E-state index is 11.7. The van der Waals surface area contributed by atoms with Crippen LogP contribution >= 0.6 is 0 Å². The minimum absolute atomic E-state index is 0.0247. The van der Waals surface area contributed by atoms with Gasteiger partial charge in [0.05, 0.1) is 6.20 Å². The van der Waals surface area contributed by atoms with E-state index in [0.29, 0.717) is 25.0 Å². The summed E-state index contributed by atoms with van der Waals surface area (Å²) in [6.07, 6.45) is 12.7. The number of hydrogen-bond acceptors (Lipinski definition) is 5. The number of nitrogens with zero attached hydrogens (tertiary/aromatic N) is 3. The molecule has 0 aliphatic carbocycles. The van der Waals surface area contributed by atoms with Crippen LogP contribution in [0.1, 0.15) is 25.3 Å². The lowest BCUT2D eigenvalue weighted by Gasteiger charge is -2.31. The van der Waals surface area contributed by atoms with Crippen molar-refractivity contribution in [2.24, 2.45) is 0 Å². The second-order valence-electron chi connectivity index (χ2n) is 6.87. The normalized spacial score (nSPS) is 20.3. The summed E-state index contributed by atoms with van der Waals surface area (Å²) in [6, 6.07) is 0.322. The van der Waals surface area contributed by atoms with Crippen molar-refractivity contribution in [1.29, 1.82) is 0 Å². The van der Waals surface area contributed by atoms with Crippen LogP contribution in [0, 0.1) is 0 Å². The largest absolute Gasteiger partial charge is 0.473 e. The van der Waals surface area contributed by atoms with E-state index < -0.39 is 0 Å². The molecular formula is C20H23N5O2. The Labute approximate surface area is 157 Å². The number of amides is 1. The Morgan fingerprint density at radius 2 is 2.22 bits per heavy atom. The van der Waals surface area contributed by atoms with Crippen LogP contribution in [0.15, 0.2) is 43.4 Å². The number of rotatable bonds is 4. The molecule has 1 amide bonds. The van der Waals surface area contributed by atoms with Crippen molar-refractivity contribution in [1.82, 2.24) is 25.2 Å². The molecule has 0 spiro atoms. The molecule has 27 heavy (non-hydrogen) atoms. The van der Waals surface area contributed by atoms with Crippen LogP contribution in [0.5, 0.6) is 5.88 Å². The molecule has 140 valence electrons. The molecule has 2 N–H and O–H groups in total. The number of aromatic amines is 1. The number of aromatic nitrogens is 3. The first kappa shape index (κ1) is 17.3. The monoisotopic (exact) mass is 365 g/mol. The van der Waals surface area contributed by atoms with Gasteiger partial charge in [0.25, 0.3) is 0 Å². The number of carbonyl (C=O) groups is 1. The maximum Gasteiger partial charge on any atom is 0.245 e. The van der Waals surface area contributed by atoms with E-state index in [9.17, 15) is 4.79 Å². The summed E-state index contributed by atoms with van der Waals surface area (Å²) in [6.45, 7) is 6.97. The first-order valence-electron chi connectivity index (χ1n) is 9.21. The van der Waals surface area contributed by atoms with Gasteiger partial charge in [-0.25, -0.2) is 9.97 Å². The zero-order chi connectivity index (χ0) is 18.8. The van der Waals surface area contributed by atoms with Gasteiger partial charge < -0.3 is 19.9 Å². The van der Waals surface area contributed by atoms with Crippen LogP contribution < -0.4 is 10.1 Å². The molecule has 0 bridgehead atoms. The second kappa shape index (κ2) is 7.26. The third kappa shape index (κ3) is 3.58. The highest BCUT2D eigenvalue weighted by Crippen LogP contribution is 2.27. The van der Waals surface area contributed by atoms with Gasteiger partial charge in [-0.05, 0) is 13.0 Å². The quantitative estimate of drug-likeness (QED) is 0.813. The summed E-state index contributed by atoms with van der Waals surface area (Å²) in [5, 5.41) is 3.30. The summed E-state index contributed by atoms with van der Waals surface area (Å²) in [7, 11) is 0. The van der Waals surface area contributed by atoms with E-state index >= 15 is 0 Å². The van der Waals surface area contributed by atoms with Gasteiger partial charge in [-0.1, -0.05) is 18.7 Å². The van der Waals surface area contributed by atoms with Crippen molar-refractivity contribution < 1.29 is 9.53 Å². The SMILES string of the molecule is C=CC(=O)N1CCC(Oc2cnc3[nH]cc(C4=CNC(C)C=C4)c3n2)CC1. The fourth-order valence-corrected chi connectivity index (χ4v) is 3.39. The lowest BCUT2D eigenvalue weighted by molar-refractivity contribution is -0.127. The predicted molar refractivity (Wildman–Crippen MR) is 104 cm³/mol. The van der Waals surface area contributed by atoms with E-state index in [1.807, 2.05) is 12.4 Å². The molecule has 1 fully saturated rings. The molecule has 4 heterocycles. The molecule has 7 heteroatoms. The van der Waals surface area contributed by atoms with Crippen LogP contribution in [0.4, 0.5) is 0 Å². The van der Waals surface area contributed by atoms with E-state index in [1.54, 1.807) is 11.1 Å². The summed E-state index contributed by atoms with van der Waals surface area (Å²) in [5.74, 6) is 0.488. The third-order valence-electron chi connectivity index (χ3n) is 4.95. The van der Waals surface area contributed by atoms with Crippen molar-refractivity contribution in [3.05, 3.63) is 49.0 Å². The molecule has 2 aromatic heterocycles. The average Bonchev–Trinajstić information content (AvgIpc) is 3.12. The molecule has 2 aliphatic heterocycles. The first-order chi connectivity index (χ1) is 13.1. The van der Waals surface area contributed by atoms with Crippen LogP contribution in [-0.2, 0) is 4.79 Å². The summed E-state index contributed by atoms with van der Waals surface area (Å²) < 4.78 is 6.05. The van der Waals surface area contributed by atoms with E-state index in [1.165, 1.54) is 6.08 Å². The van der Waals surface area contributed by atoms with Gasteiger partial charge in [-0.2, -0.15) is 0 Å². The third-order valence-corrected chi connectivity index (χ3v) is 4.95. The number of piperidine rings is 1. The Morgan fingerprint density at radius 3 is 2.93 bits per heavy atom. The first-order valence-corrected chi connectivity index (χ1v) is 9.21. The highest BCUT2D eigenvalue weighted by atomic mass is 16.5. The van der Waals surface area contributed by atoms with Gasteiger partial charge in [-0.15, -0.1) is 0 Å². The molecule has 1 atom stereocenters. The highest BCUT2D eigenvalue weighted by Gasteiger charge is 2.23. The van der Waals surface area contributed by atoms with Gasteiger partial charge >= 0.3 is 0 Å².